The summed E-state index contributed by atoms with van der Waals surface area (Å²) in [7, 11) is -4.55. The van der Waals surface area contributed by atoms with Gasteiger partial charge in [0.25, 0.3) is 10.0 Å². The molecule has 0 bridgehead atoms. The largest absolute Gasteiger partial charge is 0.462 e. The van der Waals surface area contributed by atoms with Crippen molar-refractivity contribution in [3.63, 3.8) is 0 Å². The molecule has 0 amide bonds. The minimum absolute atomic E-state index is 0.0605. The summed E-state index contributed by atoms with van der Waals surface area (Å²) in [6.07, 6.45) is 0. The second kappa shape index (κ2) is 6.74. The van der Waals surface area contributed by atoms with Crippen LogP contribution in [-0.4, -0.2) is 21.0 Å². The molecule has 0 aliphatic heterocycles. The van der Waals surface area contributed by atoms with Crippen molar-refractivity contribution in [1.82, 2.24) is 0 Å². The lowest BCUT2D eigenvalue weighted by Gasteiger charge is -2.12. The summed E-state index contributed by atoms with van der Waals surface area (Å²) in [5.41, 5.74) is -0.191. The maximum Gasteiger partial charge on any atom is 0.340 e. The monoisotopic (exact) mass is 341 g/mol. The summed E-state index contributed by atoms with van der Waals surface area (Å²) in [6.45, 7) is 1.70. The standard InChI is InChI=1S/C15H13F2NO4S/c1-2-22-15(19)10-6-3-4-9-13(10)18-23(20,21)14-11(16)7-5-8-12(14)17/h3-9,18H,2H2,1H3. The molecule has 0 atom stereocenters. The molecule has 0 fully saturated rings. The Hall–Kier alpha value is -2.48. The maximum atomic E-state index is 13.7. The lowest BCUT2D eigenvalue weighted by atomic mass is 10.2. The average molecular weight is 341 g/mol. The first-order valence-electron chi connectivity index (χ1n) is 6.59. The van der Waals surface area contributed by atoms with Gasteiger partial charge in [0, 0.05) is 0 Å². The number of anilines is 1. The Bertz CT molecular complexity index is 817. The van der Waals surface area contributed by atoms with Crippen LogP contribution in [0.4, 0.5) is 14.5 Å². The van der Waals surface area contributed by atoms with Gasteiger partial charge in [-0.15, -0.1) is 0 Å². The molecule has 2 aromatic carbocycles. The highest BCUT2D eigenvalue weighted by Crippen LogP contribution is 2.24. The molecule has 2 rings (SSSR count). The summed E-state index contributed by atoms with van der Waals surface area (Å²) in [6, 6.07) is 8.32. The average Bonchev–Trinajstić information content (AvgIpc) is 2.47. The van der Waals surface area contributed by atoms with Crippen molar-refractivity contribution in [1.29, 1.82) is 0 Å². The molecule has 0 saturated carbocycles. The van der Waals surface area contributed by atoms with Crippen LogP contribution in [0.25, 0.3) is 0 Å². The number of hydrogen-bond donors (Lipinski definition) is 1. The third-order valence-corrected chi connectivity index (χ3v) is 4.27. The van der Waals surface area contributed by atoms with E-state index in [2.05, 4.69) is 0 Å². The molecular formula is C15H13F2NO4S. The number of esters is 1. The van der Waals surface area contributed by atoms with Crippen LogP contribution in [-0.2, 0) is 14.8 Å². The SMILES string of the molecule is CCOC(=O)c1ccccc1NS(=O)(=O)c1c(F)cccc1F. The van der Waals surface area contributed by atoms with E-state index < -0.39 is 32.5 Å². The van der Waals surface area contributed by atoms with Crippen molar-refractivity contribution < 1.29 is 26.7 Å². The van der Waals surface area contributed by atoms with E-state index in [-0.39, 0.29) is 17.9 Å². The van der Waals surface area contributed by atoms with E-state index in [1.807, 2.05) is 4.72 Å². The van der Waals surface area contributed by atoms with Crippen LogP contribution in [0, 0.1) is 11.6 Å². The maximum absolute atomic E-state index is 13.7. The molecule has 0 aliphatic carbocycles. The number of para-hydroxylation sites is 1. The minimum atomic E-state index is -4.55. The Morgan fingerprint density at radius 3 is 2.30 bits per heavy atom. The molecule has 2 aromatic rings. The van der Waals surface area contributed by atoms with Gasteiger partial charge in [0.2, 0.25) is 0 Å². The zero-order chi connectivity index (χ0) is 17.0. The third-order valence-electron chi connectivity index (χ3n) is 2.85. The van der Waals surface area contributed by atoms with Gasteiger partial charge in [-0.05, 0) is 31.2 Å². The molecule has 122 valence electrons. The van der Waals surface area contributed by atoms with Gasteiger partial charge in [0.15, 0.2) is 4.90 Å². The highest BCUT2D eigenvalue weighted by atomic mass is 32.2. The van der Waals surface area contributed by atoms with Crippen molar-refractivity contribution in [3.05, 3.63) is 59.7 Å². The van der Waals surface area contributed by atoms with E-state index in [4.69, 9.17) is 4.74 Å². The van der Waals surface area contributed by atoms with E-state index >= 15 is 0 Å². The second-order valence-electron chi connectivity index (χ2n) is 4.42. The number of ether oxygens (including phenoxy) is 1. The summed E-state index contributed by atoms with van der Waals surface area (Å²) < 4.78 is 58.7. The van der Waals surface area contributed by atoms with Gasteiger partial charge < -0.3 is 4.74 Å². The lowest BCUT2D eigenvalue weighted by molar-refractivity contribution is 0.0527. The van der Waals surface area contributed by atoms with Crippen molar-refractivity contribution in [2.24, 2.45) is 0 Å². The molecule has 0 saturated heterocycles. The normalized spacial score (nSPS) is 11.1. The van der Waals surface area contributed by atoms with Gasteiger partial charge in [-0.3, -0.25) is 4.72 Å². The van der Waals surface area contributed by atoms with E-state index in [0.717, 1.165) is 18.2 Å². The predicted molar refractivity (Wildman–Crippen MR) is 79.6 cm³/mol. The Kier molecular flexibility index (Phi) is 4.95. The molecular weight excluding hydrogens is 328 g/mol. The van der Waals surface area contributed by atoms with E-state index in [1.54, 1.807) is 6.92 Å². The number of halogens is 2. The topological polar surface area (TPSA) is 72.5 Å². The number of carbonyl (C=O) groups is 1. The molecule has 0 unspecified atom stereocenters. The lowest BCUT2D eigenvalue weighted by Crippen LogP contribution is -2.18. The first-order valence-corrected chi connectivity index (χ1v) is 8.08. The molecule has 0 aliphatic rings. The Morgan fingerprint density at radius 2 is 1.70 bits per heavy atom. The zero-order valence-corrected chi connectivity index (χ0v) is 12.9. The summed E-state index contributed by atoms with van der Waals surface area (Å²) in [5.74, 6) is -3.21. The fourth-order valence-electron chi connectivity index (χ4n) is 1.89. The van der Waals surface area contributed by atoms with Gasteiger partial charge in [-0.25, -0.2) is 22.0 Å². The number of rotatable bonds is 5. The van der Waals surface area contributed by atoms with Crippen molar-refractivity contribution >= 4 is 21.7 Å². The van der Waals surface area contributed by atoms with E-state index in [1.165, 1.54) is 24.3 Å². The molecule has 8 heteroatoms. The quantitative estimate of drug-likeness (QED) is 0.849. The van der Waals surface area contributed by atoms with Gasteiger partial charge >= 0.3 is 5.97 Å². The van der Waals surface area contributed by atoms with Crippen LogP contribution in [0.2, 0.25) is 0 Å². The predicted octanol–water partition coefficient (Wildman–Crippen LogP) is 2.94. The van der Waals surface area contributed by atoms with E-state index in [9.17, 15) is 22.0 Å². The number of nitrogens with one attached hydrogen (secondary N) is 1. The summed E-state index contributed by atoms with van der Waals surface area (Å²) >= 11 is 0. The first kappa shape index (κ1) is 16.9. The molecule has 0 aromatic heterocycles. The fourth-order valence-corrected chi connectivity index (χ4v) is 3.11. The van der Waals surface area contributed by atoms with Crippen molar-refractivity contribution in [2.45, 2.75) is 11.8 Å². The smallest absolute Gasteiger partial charge is 0.340 e. The molecule has 23 heavy (non-hydrogen) atoms. The van der Waals surface area contributed by atoms with Gasteiger partial charge in [0.05, 0.1) is 17.9 Å². The molecule has 1 N–H and O–H groups in total. The Balaban J connectivity index is 2.45. The number of sulfonamides is 1. The second-order valence-corrected chi connectivity index (χ2v) is 6.04. The first-order chi connectivity index (χ1) is 10.9. The van der Waals surface area contributed by atoms with Crippen LogP contribution in [0.1, 0.15) is 17.3 Å². The molecule has 0 spiro atoms. The summed E-state index contributed by atoms with van der Waals surface area (Å²) in [5, 5.41) is 0. The highest BCUT2D eigenvalue weighted by molar-refractivity contribution is 7.92. The van der Waals surface area contributed by atoms with Crippen LogP contribution >= 0.6 is 0 Å². The minimum Gasteiger partial charge on any atom is -0.462 e. The highest BCUT2D eigenvalue weighted by Gasteiger charge is 2.25. The zero-order valence-electron chi connectivity index (χ0n) is 12.0. The summed E-state index contributed by atoms with van der Waals surface area (Å²) in [4.78, 5) is 10.7. The van der Waals surface area contributed by atoms with Crippen molar-refractivity contribution in [3.8, 4) is 0 Å². The number of carbonyl (C=O) groups excluding carboxylic acids is 1. The third kappa shape index (κ3) is 3.65. The van der Waals surface area contributed by atoms with Gasteiger partial charge in [0.1, 0.15) is 11.6 Å². The van der Waals surface area contributed by atoms with Crippen LogP contribution in [0.15, 0.2) is 47.4 Å². The fraction of sp³-hybridized carbons (Fsp3) is 0.133. The van der Waals surface area contributed by atoms with Crippen LogP contribution < -0.4 is 4.72 Å². The molecule has 0 radical (unpaired) electrons. The van der Waals surface area contributed by atoms with E-state index in [0.29, 0.717) is 0 Å². The molecule has 5 nitrogen and oxygen atoms in total. The van der Waals surface area contributed by atoms with Gasteiger partial charge in [-0.2, -0.15) is 0 Å². The Labute approximate surface area is 132 Å². The van der Waals surface area contributed by atoms with Gasteiger partial charge in [-0.1, -0.05) is 18.2 Å². The number of hydrogen-bond acceptors (Lipinski definition) is 4. The van der Waals surface area contributed by atoms with Crippen molar-refractivity contribution in [2.75, 3.05) is 11.3 Å². The molecule has 0 heterocycles. The Morgan fingerprint density at radius 1 is 1.09 bits per heavy atom. The number of benzene rings is 2. The van der Waals surface area contributed by atoms with Crippen LogP contribution in [0.5, 0.6) is 0 Å². The van der Waals surface area contributed by atoms with Crippen LogP contribution in [0.3, 0.4) is 0 Å².